The van der Waals surface area contributed by atoms with Gasteiger partial charge in [-0.15, -0.1) is 10.2 Å². The summed E-state index contributed by atoms with van der Waals surface area (Å²) in [6.07, 6.45) is 0. The highest BCUT2D eigenvalue weighted by Crippen LogP contribution is 2.28. The Kier molecular flexibility index (Phi) is 5.01. The number of nitrogens with zero attached hydrogens (tertiary/aromatic N) is 2. The zero-order valence-corrected chi connectivity index (χ0v) is 14.9. The first-order valence-corrected chi connectivity index (χ1v) is 9.10. The zero-order valence-electron chi connectivity index (χ0n) is 14.1. The van der Waals surface area contributed by atoms with Crippen molar-refractivity contribution in [1.29, 1.82) is 0 Å². The summed E-state index contributed by atoms with van der Waals surface area (Å²) >= 11 is 0. The summed E-state index contributed by atoms with van der Waals surface area (Å²) in [6.45, 7) is 1.30. The Morgan fingerprint density at radius 3 is 2.69 bits per heavy atom. The molecule has 0 bridgehead atoms. The fraction of sp³-hybridized carbons (Fsp3) is 0.176. The molecule has 1 heterocycles. The lowest BCUT2D eigenvalue weighted by Gasteiger charge is -2.06. The van der Waals surface area contributed by atoms with Gasteiger partial charge in [-0.3, -0.25) is 0 Å². The van der Waals surface area contributed by atoms with E-state index < -0.39 is 15.8 Å². The SMILES string of the molecule is COc1ccccc1-c1nnc(CNS(=O)(=O)c2ccc(F)c(C)c2)o1. The van der Waals surface area contributed by atoms with Crippen LogP contribution in [-0.4, -0.2) is 25.7 Å². The fourth-order valence-electron chi connectivity index (χ4n) is 2.28. The lowest BCUT2D eigenvalue weighted by Crippen LogP contribution is -2.23. The first-order chi connectivity index (χ1) is 12.4. The summed E-state index contributed by atoms with van der Waals surface area (Å²) in [7, 11) is -2.31. The predicted octanol–water partition coefficient (Wildman–Crippen LogP) is 2.67. The second-order valence-corrected chi connectivity index (χ2v) is 7.20. The first-order valence-electron chi connectivity index (χ1n) is 7.62. The minimum atomic E-state index is -3.84. The Bertz CT molecular complexity index is 1030. The van der Waals surface area contributed by atoms with Gasteiger partial charge < -0.3 is 9.15 Å². The highest BCUT2D eigenvalue weighted by molar-refractivity contribution is 7.89. The second kappa shape index (κ2) is 7.22. The van der Waals surface area contributed by atoms with Crippen molar-refractivity contribution in [2.45, 2.75) is 18.4 Å². The number of hydrogen-bond acceptors (Lipinski definition) is 6. The lowest BCUT2D eigenvalue weighted by molar-refractivity contribution is 0.413. The molecule has 0 spiro atoms. The molecule has 0 aliphatic heterocycles. The third-order valence-corrected chi connectivity index (χ3v) is 5.06. The number of halogens is 1. The van der Waals surface area contributed by atoms with Crippen LogP contribution < -0.4 is 9.46 Å². The molecule has 9 heteroatoms. The van der Waals surface area contributed by atoms with Crippen molar-refractivity contribution < 1.29 is 22.0 Å². The van der Waals surface area contributed by atoms with Gasteiger partial charge in [0.25, 0.3) is 5.89 Å². The molecule has 0 unspecified atom stereocenters. The molecule has 0 fully saturated rings. The minimum absolute atomic E-state index is 0.0409. The number of aryl methyl sites for hydroxylation is 1. The van der Waals surface area contributed by atoms with E-state index in [1.54, 1.807) is 24.3 Å². The van der Waals surface area contributed by atoms with Crippen LogP contribution in [0.5, 0.6) is 5.75 Å². The number of para-hydroxylation sites is 1. The van der Waals surface area contributed by atoms with E-state index in [-0.39, 0.29) is 28.8 Å². The molecule has 3 aromatic rings. The van der Waals surface area contributed by atoms with Crippen molar-refractivity contribution in [2.75, 3.05) is 7.11 Å². The van der Waals surface area contributed by atoms with Gasteiger partial charge in [0.05, 0.1) is 24.1 Å². The van der Waals surface area contributed by atoms with Gasteiger partial charge in [0.15, 0.2) is 0 Å². The van der Waals surface area contributed by atoms with Crippen LogP contribution in [0.1, 0.15) is 11.5 Å². The number of hydrogen-bond donors (Lipinski definition) is 1. The molecule has 2 aromatic carbocycles. The quantitative estimate of drug-likeness (QED) is 0.710. The Labute approximate surface area is 149 Å². The third-order valence-electron chi connectivity index (χ3n) is 3.66. The van der Waals surface area contributed by atoms with E-state index in [2.05, 4.69) is 14.9 Å². The van der Waals surface area contributed by atoms with Gasteiger partial charge >= 0.3 is 0 Å². The maximum Gasteiger partial charge on any atom is 0.251 e. The molecule has 0 radical (unpaired) electrons. The Balaban J connectivity index is 1.76. The molecular formula is C17H16FN3O4S. The number of sulfonamides is 1. The minimum Gasteiger partial charge on any atom is -0.496 e. The summed E-state index contributed by atoms with van der Waals surface area (Å²) in [5, 5.41) is 7.75. The van der Waals surface area contributed by atoms with E-state index in [9.17, 15) is 12.8 Å². The molecule has 0 amide bonds. The van der Waals surface area contributed by atoms with Crippen LogP contribution in [0.3, 0.4) is 0 Å². The summed E-state index contributed by atoms with van der Waals surface area (Å²) in [5.74, 6) is 0.398. The summed E-state index contributed by atoms with van der Waals surface area (Å²) in [5.41, 5.74) is 0.842. The molecule has 3 rings (SSSR count). The van der Waals surface area contributed by atoms with Crippen molar-refractivity contribution in [3.8, 4) is 17.2 Å². The van der Waals surface area contributed by atoms with Crippen LogP contribution in [0.25, 0.3) is 11.5 Å². The van der Waals surface area contributed by atoms with Crippen molar-refractivity contribution in [3.05, 3.63) is 59.7 Å². The number of aromatic nitrogens is 2. The van der Waals surface area contributed by atoms with Crippen LogP contribution in [-0.2, 0) is 16.6 Å². The second-order valence-electron chi connectivity index (χ2n) is 5.44. The van der Waals surface area contributed by atoms with E-state index in [4.69, 9.17) is 9.15 Å². The van der Waals surface area contributed by atoms with Crippen molar-refractivity contribution in [1.82, 2.24) is 14.9 Å². The Morgan fingerprint density at radius 1 is 1.19 bits per heavy atom. The number of benzene rings is 2. The average Bonchev–Trinajstić information content (AvgIpc) is 3.11. The molecule has 0 aliphatic rings. The average molecular weight is 377 g/mol. The van der Waals surface area contributed by atoms with Gasteiger partial charge in [-0.05, 0) is 42.8 Å². The van der Waals surface area contributed by atoms with Crippen LogP contribution >= 0.6 is 0 Å². The van der Waals surface area contributed by atoms with E-state index in [1.165, 1.54) is 26.2 Å². The van der Waals surface area contributed by atoms with Gasteiger partial charge in [0.1, 0.15) is 11.6 Å². The lowest BCUT2D eigenvalue weighted by atomic mass is 10.2. The standard InChI is InChI=1S/C17H16FN3O4S/c1-11-9-12(7-8-14(11)18)26(22,23)19-10-16-20-21-17(25-16)13-5-3-4-6-15(13)24-2/h3-9,19H,10H2,1-2H3. The molecule has 0 saturated carbocycles. The highest BCUT2D eigenvalue weighted by atomic mass is 32.2. The zero-order chi connectivity index (χ0) is 18.7. The molecule has 0 aliphatic carbocycles. The van der Waals surface area contributed by atoms with E-state index in [1.807, 2.05) is 0 Å². The van der Waals surface area contributed by atoms with E-state index in [0.717, 1.165) is 6.07 Å². The van der Waals surface area contributed by atoms with Gasteiger partial charge in [0, 0.05) is 0 Å². The molecule has 7 nitrogen and oxygen atoms in total. The van der Waals surface area contributed by atoms with Crippen LogP contribution in [0.15, 0.2) is 51.8 Å². The third kappa shape index (κ3) is 3.73. The summed E-state index contributed by atoms with van der Waals surface area (Å²) in [4.78, 5) is -0.0409. The number of nitrogens with one attached hydrogen (secondary N) is 1. The molecule has 26 heavy (non-hydrogen) atoms. The Hall–Kier alpha value is -2.78. The van der Waals surface area contributed by atoms with Crippen molar-refractivity contribution in [2.24, 2.45) is 0 Å². The number of ether oxygens (including phenoxy) is 1. The van der Waals surface area contributed by atoms with E-state index >= 15 is 0 Å². The van der Waals surface area contributed by atoms with Crippen LogP contribution in [0.4, 0.5) is 4.39 Å². The van der Waals surface area contributed by atoms with Crippen molar-refractivity contribution >= 4 is 10.0 Å². The van der Waals surface area contributed by atoms with Crippen LogP contribution in [0.2, 0.25) is 0 Å². The topological polar surface area (TPSA) is 94.3 Å². The summed E-state index contributed by atoms with van der Waals surface area (Å²) < 4.78 is 51.0. The fourth-order valence-corrected chi connectivity index (χ4v) is 3.34. The van der Waals surface area contributed by atoms with Gasteiger partial charge in [-0.25, -0.2) is 17.5 Å². The van der Waals surface area contributed by atoms with Gasteiger partial charge in [-0.1, -0.05) is 12.1 Å². The number of methoxy groups -OCH3 is 1. The first kappa shape index (κ1) is 18.0. The van der Waals surface area contributed by atoms with Crippen LogP contribution in [0, 0.1) is 12.7 Å². The normalized spacial score (nSPS) is 11.5. The molecule has 1 N–H and O–H groups in total. The predicted molar refractivity (Wildman–Crippen MR) is 91.4 cm³/mol. The Morgan fingerprint density at radius 2 is 1.96 bits per heavy atom. The van der Waals surface area contributed by atoms with Crippen molar-refractivity contribution in [3.63, 3.8) is 0 Å². The maximum absolute atomic E-state index is 13.3. The smallest absolute Gasteiger partial charge is 0.251 e. The molecule has 1 aromatic heterocycles. The monoisotopic (exact) mass is 377 g/mol. The van der Waals surface area contributed by atoms with Gasteiger partial charge in [0.2, 0.25) is 15.9 Å². The molecule has 0 saturated heterocycles. The van der Waals surface area contributed by atoms with E-state index in [0.29, 0.717) is 11.3 Å². The number of rotatable bonds is 6. The molecule has 136 valence electrons. The van der Waals surface area contributed by atoms with Gasteiger partial charge in [-0.2, -0.15) is 0 Å². The summed E-state index contributed by atoms with van der Waals surface area (Å²) in [6, 6.07) is 10.7. The maximum atomic E-state index is 13.3. The largest absolute Gasteiger partial charge is 0.496 e. The highest BCUT2D eigenvalue weighted by Gasteiger charge is 2.18. The molecular weight excluding hydrogens is 361 g/mol. The molecule has 0 atom stereocenters.